The van der Waals surface area contributed by atoms with E-state index < -0.39 is 0 Å². The average Bonchev–Trinajstić information content (AvgIpc) is 3.32. The van der Waals surface area contributed by atoms with E-state index in [4.69, 9.17) is 17.3 Å². The molecule has 0 aliphatic heterocycles. The Labute approximate surface area is 128 Å². The van der Waals surface area contributed by atoms with Crippen LogP contribution in [0.3, 0.4) is 0 Å². The molecule has 1 saturated carbocycles. The number of aromatic nitrogens is 1. The molecule has 4 nitrogen and oxygen atoms in total. The van der Waals surface area contributed by atoms with E-state index in [9.17, 15) is 4.79 Å². The first-order valence-electron chi connectivity index (χ1n) is 6.93. The molecule has 5 heteroatoms. The van der Waals surface area contributed by atoms with Crippen LogP contribution in [-0.2, 0) is 11.3 Å². The molecule has 0 atom stereocenters. The molecule has 1 aromatic carbocycles. The molecule has 1 heterocycles. The number of halogens is 1. The van der Waals surface area contributed by atoms with Gasteiger partial charge in [-0.3, -0.25) is 4.79 Å². The van der Waals surface area contributed by atoms with Gasteiger partial charge in [0.2, 0.25) is 5.91 Å². The van der Waals surface area contributed by atoms with Crippen LogP contribution in [0, 0.1) is 5.92 Å². The van der Waals surface area contributed by atoms with Gasteiger partial charge >= 0.3 is 0 Å². The van der Waals surface area contributed by atoms with Crippen LogP contribution in [0.5, 0.6) is 0 Å². The third-order valence-corrected chi connectivity index (χ3v) is 3.92. The number of pyridine rings is 1. The van der Waals surface area contributed by atoms with Crippen molar-refractivity contribution in [3.8, 4) is 11.1 Å². The smallest absolute Gasteiger partial charge is 0.228 e. The number of nitrogens with one attached hydrogen (secondary N) is 1. The fraction of sp³-hybridized carbons (Fsp3) is 0.250. The number of rotatable bonds is 4. The van der Waals surface area contributed by atoms with Crippen molar-refractivity contribution in [1.29, 1.82) is 0 Å². The second kappa shape index (κ2) is 5.84. The van der Waals surface area contributed by atoms with Crippen molar-refractivity contribution in [2.24, 2.45) is 11.7 Å². The molecule has 1 aliphatic rings. The third kappa shape index (κ3) is 3.23. The average molecular weight is 302 g/mol. The lowest BCUT2D eigenvalue weighted by Gasteiger charge is -2.08. The van der Waals surface area contributed by atoms with Crippen LogP contribution in [0.2, 0.25) is 5.02 Å². The van der Waals surface area contributed by atoms with Gasteiger partial charge in [0, 0.05) is 23.7 Å². The van der Waals surface area contributed by atoms with Gasteiger partial charge in [-0.15, -0.1) is 0 Å². The van der Waals surface area contributed by atoms with E-state index in [1.165, 1.54) is 0 Å². The normalized spacial score (nSPS) is 14.0. The summed E-state index contributed by atoms with van der Waals surface area (Å²) in [5.41, 5.74) is 8.46. The number of benzene rings is 1. The van der Waals surface area contributed by atoms with Crippen LogP contribution in [0.4, 0.5) is 5.82 Å². The minimum absolute atomic E-state index is 0.0520. The van der Waals surface area contributed by atoms with Crippen molar-refractivity contribution in [2.75, 3.05) is 5.32 Å². The fourth-order valence-corrected chi connectivity index (χ4v) is 2.40. The second-order valence-electron chi connectivity index (χ2n) is 5.20. The summed E-state index contributed by atoms with van der Waals surface area (Å²) in [7, 11) is 0. The van der Waals surface area contributed by atoms with Crippen LogP contribution in [0.15, 0.2) is 36.5 Å². The van der Waals surface area contributed by atoms with Crippen molar-refractivity contribution in [3.05, 3.63) is 47.1 Å². The maximum atomic E-state index is 11.8. The zero-order valence-electron chi connectivity index (χ0n) is 11.5. The van der Waals surface area contributed by atoms with Gasteiger partial charge in [-0.05, 0) is 47.7 Å². The summed E-state index contributed by atoms with van der Waals surface area (Å²) in [6.07, 6.45) is 3.63. The molecule has 0 bridgehead atoms. The molecule has 1 aromatic heterocycles. The lowest BCUT2D eigenvalue weighted by atomic mass is 10.0. The molecule has 1 aliphatic carbocycles. The van der Waals surface area contributed by atoms with Crippen LogP contribution in [0.25, 0.3) is 11.1 Å². The summed E-state index contributed by atoms with van der Waals surface area (Å²) in [4.78, 5) is 16.0. The number of hydrogen-bond acceptors (Lipinski definition) is 3. The Balaban J connectivity index is 1.84. The molecule has 0 radical (unpaired) electrons. The lowest BCUT2D eigenvalue weighted by Crippen LogP contribution is -2.14. The van der Waals surface area contributed by atoms with E-state index >= 15 is 0 Å². The largest absolute Gasteiger partial charge is 0.326 e. The van der Waals surface area contributed by atoms with Gasteiger partial charge in [-0.1, -0.05) is 23.7 Å². The minimum atomic E-state index is 0.0520. The SMILES string of the molecule is NCc1ccc(-c2ccnc(NC(=O)C3CC3)c2)cc1Cl. The van der Waals surface area contributed by atoms with Gasteiger partial charge in [0.1, 0.15) is 5.82 Å². The van der Waals surface area contributed by atoms with E-state index in [2.05, 4.69) is 10.3 Å². The first-order chi connectivity index (χ1) is 10.2. The van der Waals surface area contributed by atoms with Gasteiger partial charge in [0.25, 0.3) is 0 Å². The monoisotopic (exact) mass is 301 g/mol. The highest BCUT2D eigenvalue weighted by Gasteiger charge is 2.29. The van der Waals surface area contributed by atoms with E-state index in [0.29, 0.717) is 17.4 Å². The predicted molar refractivity (Wildman–Crippen MR) is 83.9 cm³/mol. The first-order valence-corrected chi connectivity index (χ1v) is 7.31. The zero-order valence-corrected chi connectivity index (χ0v) is 12.2. The van der Waals surface area contributed by atoms with Gasteiger partial charge in [-0.25, -0.2) is 4.98 Å². The summed E-state index contributed by atoms with van der Waals surface area (Å²) in [6, 6.07) is 9.51. The summed E-state index contributed by atoms with van der Waals surface area (Å²) < 4.78 is 0. The van der Waals surface area contributed by atoms with E-state index in [1.54, 1.807) is 6.20 Å². The van der Waals surface area contributed by atoms with E-state index in [1.807, 2.05) is 30.3 Å². The Kier molecular flexibility index (Phi) is 3.90. The standard InChI is InChI=1S/C16H16ClN3O/c17-14-7-11(3-4-13(14)9-18)12-5-6-19-15(8-12)20-16(21)10-1-2-10/h3-8,10H,1-2,9,18H2,(H,19,20,21). The van der Waals surface area contributed by atoms with Gasteiger partial charge < -0.3 is 11.1 Å². The van der Waals surface area contributed by atoms with Crippen LogP contribution >= 0.6 is 11.6 Å². The zero-order chi connectivity index (χ0) is 14.8. The van der Waals surface area contributed by atoms with Gasteiger partial charge in [0.05, 0.1) is 0 Å². The van der Waals surface area contributed by atoms with E-state index in [-0.39, 0.29) is 11.8 Å². The Morgan fingerprint density at radius 3 is 2.71 bits per heavy atom. The summed E-state index contributed by atoms with van der Waals surface area (Å²) in [5.74, 6) is 0.785. The molecule has 21 heavy (non-hydrogen) atoms. The minimum Gasteiger partial charge on any atom is -0.326 e. The van der Waals surface area contributed by atoms with Crippen molar-refractivity contribution in [2.45, 2.75) is 19.4 Å². The number of nitrogens with zero attached hydrogens (tertiary/aromatic N) is 1. The van der Waals surface area contributed by atoms with Crippen molar-refractivity contribution in [3.63, 3.8) is 0 Å². The van der Waals surface area contributed by atoms with Crippen molar-refractivity contribution >= 4 is 23.3 Å². The molecule has 108 valence electrons. The number of hydrogen-bond donors (Lipinski definition) is 2. The Morgan fingerprint density at radius 2 is 2.05 bits per heavy atom. The molecule has 0 saturated heterocycles. The molecule has 0 spiro atoms. The maximum Gasteiger partial charge on any atom is 0.228 e. The van der Waals surface area contributed by atoms with Gasteiger partial charge in [0.15, 0.2) is 0 Å². The number of nitrogens with two attached hydrogens (primary N) is 1. The quantitative estimate of drug-likeness (QED) is 0.911. The molecule has 0 unspecified atom stereocenters. The Hall–Kier alpha value is -1.91. The maximum absolute atomic E-state index is 11.8. The highest BCUT2D eigenvalue weighted by molar-refractivity contribution is 6.31. The Morgan fingerprint density at radius 1 is 1.29 bits per heavy atom. The van der Waals surface area contributed by atoms with Crippen LogP contribution < -0.4 is 11.1 Å². The first kappa shape index (κ1) is 14.0. The second-order valence-corrected chi connectivity index (χ2v) is 5.61. The topological polar surface area (TPSA) is 68.0 Å². The van der Waals surface area contributed by atoms with Crippen molar-refractivity contribution in [1.82, 2.24) is 4.98 Å². The molecular weight excluding hydrogens is 286 g/mol. The van der Waals surface area contributed by atoms with E-state index in [0.717, 1.165) is 29.5 Å². The predicted octanol–water partition coefficient (Wildman–Crippen LogP) is 3.21. The summed E-state index contributed by atoms with van der Waals surface area (Å²) in [6.45, 7) is 0.415. The van der Waals surface area contributed by atoms with Gasteiger partial charge in [-0.2, -0.15) is 0 Å². The summed E-state index contributed by atoms with van der Waals surface area (Å²) in [5, 5.41) is 3.50. The number of carbonyl (C=O) groups is 1. The molecule has 3 rings (SSSR count). The summed E-state index contributed by atoms with van der Waals surface area (Å²) >= 11 is 6.19. The molecule has 2 aromatic rings. The Bertz CT molecular complexity index is 683. The van der Waals surface area contributed by atoms with Crippen LogP contribution in [-0.4, -0.2) is 10.9 Å². The van der Waals surface area contributed by atoms with Crippen molar-refractivity contribution < 1.29 is 4.79 Å². The molecule has 1 fully saturated rings. The number of anilines is 1. The molecule has 3 N–H and O–H groups in total. The molecule has 1 amide bonds. The number of amides is 1. The lowest BCUT2D eigenvalue weighted by molar-refractivity contribution is -0.117. The molecular formula is C16H16ClN3O. The third-order valence-electron chi connectivity index (χ3n) is 3.57. The number of carbonyl (C=O) groups excluding carboxylic acids is 1. The van der Waals surface area contributed by atoms with Crippen LogP contribution in [0.1, 0.15) is 18.4 Å². The highest BCUT2D eigenvalue weighted by Crippen LogP contribution is 2.31. The highest BCUT2D eigenvalue weighted by atomic mass is 35.5. The fourth-order valence-electron chi connectivity index (χ4n) is 2.14.